The van der Waals surface area contributed by atoms with Crippen LogP contribution in [0.15, 0.2) is 46.3 Å². The Bertz CT molecular complexity index is 541. The van der Waals surface area contributed by atoms with Gasteiger partial charge in [0.15, 0.2) is 0 Å². The predicted octanol–water partition coefficient (Wildman–Crippen LogP) is 2.84. The normalized spacial score (nSPS) is 12.1. The topological polar surface area (TPSA) is 49.3 Å². The zero-order valence-electron chi connectivity index (χ0n) is 10.2. The average molecular weight is 340 g/mol. The smallest absolute Gasteiger partial charge is 0.261 e. The van der Waals surface area contributed by atoms with Gasteiger partial charge in [-0.15, -0.1) is 11.3 Å². The minimum absolute atomic E-state index is 0.150. The van der Waals surface area contributed by atoms with Crippen molar-refractivity contribution < 1.29 is 9.90 Å². The maximum Gasteiger partial charge on any atom is 0.261 e. The van der Waals surface area contributed by atoms with E-state index in [9.17, 15) is 9.90 Å². The lowest BCUT2D eigenvalue weighted by Gasteiger charge is -2.11. The van der Waals surface area contributed by atoms with Crippen molar-refractivity contribution in [1.82, 2.24) is 5.32 Å². The molecule has 1 aromatic carbocycles. The van der Waals surface area contributed by atoms with Crippen molar-refractivity contribution in [2.45, 2.75) is 12.5 Å². The molecule has 0 spiro atoms. The van der Waals surface area contributed by atoms with Gasteiger partial charge in [-0.05, 0) is 27.6 Å². The molecule has 19 heavy (non-hydrogen) atoms. The van der Waals surface area contributed by atoms with E-state index in [0.29, 0.717) is 11.3 Å². The van der Waals surface area contributed by atoms with Gasteiger partial charge in [0.2, 0.25) is 0 Å². The van der Waals surface area contributed by atoms with E-state index >= 15 is 0 Å². The molecule has 0 saturated heterocycles. The first-order chi connectivity index (χ1) is 9.15. The Morgan fingerprint density at radius 1 is 1.37 bits per heavy atom. The molecular weight excluding hydrogens is 326 g/mol. The molecule has 2 aromatic rings. The molecule has 0 aliphatic rings. The predicted molar refractivity (Wildman–Crippen MR) is 80.5 cm³/mol. The molecule has 2 rings (SSSR count). The van der Waals surface area contributed by atoms with Crippen LogP contribution in [0.3, 0.4) is 0 Å². The van der Waals surface area contributed by atoms with Crippen molar-refractivity contribution in [2.75, 3.05) is 6.54 Å². The SMILES string of the molecule is O=C(NCC(O)Cc1ccccc1)c1cc(Br)cs1. The standard InChI is InChI=1S/C14H14BrNO2S/c15-11-7-13(19-9-11)14(18)16-8-12(17)6-10-4-2-1-3-5-10/h1-5,7,9,12,17H,6,8H2,(H,16,18). The van der Waals surface area contributed by atoms with E-state index in [0.717, 1.165) is 10.0 Å². The van der Waals surface area contributed by atoms with Crippen molar-refractivity contribution in [3.8, 4) is 0 Å². The maximum atomic E-state index is 11.8. The third kappa shape index (κ3) is 4.45. The molecule has 0 fully saturated rings. The lowest BCUT2D eigenvalue weighted by atomic mass is 10.1. The van der Waals surface area contributed by atoms with E-state index in [-0.39, 0.29) is 12.5 Å². The van der Waals surface area contributed by atoms with E-state index in [4.69, 9.17) is 0 Å². The molecule has 2 N–H and O–H groups in total. The molecule has 1 amide bonds. The second-order valence-corrected chi connectivity index (χ2v) is 6.01. The van der Waals surface area contributed by atoms with Crippen LogP contribution in [0.2, 0.25) is 0 Å². The van der Waals surface area contributed by atoms with E-state index < -0.39 is 6.10 Å². The van der Waals surface area contributed by atoms with E-state index in [1.807, 2.05) is 35.7 Å². The molecule has 1 unspecified atom stereocenters. The Hall–Kier alpha value is -1.17. The minimum atomic E-state index is -0.574. The van der Waals surface area contributed by atoms with Gasteiger partial charge in [0.25, 0.3) is 5.91 Å². The summed E-state index contributed by atoms with van der Waals surface area (Å²) in [6.45, 7) is 0.253. The van der Waals surface area contributed by atoms with Crippen molar-refractivity contribution in [3.63, 3.8) is 0 Å². The van der Waals surface area contributed by atoms with Gasteiger partial charge in [-0.2, -0.15) is 0 Å². The Morgan fingerprint density at radius 3 is 2.74 bits per heavy atom. The van der Waals surface area contributed by atoms with Crippen LogP contribution in [0.25, 0.3) is 0 Å². The largest absolute Gasteiger partial charge is 0.391 e. The first-order valence-corrected chi connectivity index (χ1v) is 7.56. The Labute approximate surface area is 124 Å². The average Bonchev–Trinajstić information content (AvgIpc) is 2.84. The Morgan fingerprint density at radius 2 is 2.11 bits per heavy atom. The second kappa shape index (κ2) is 6.84. The highest BCUT2D eigenvalue weighted by atomic mass is 79.9. The van der Waals surface area contributed by atoms with Crippen LogP contribution >= 0.6 is 27.3 Å². The fraction of sp³-hybridized carbons (Fsp3) is 0.214. The highest BCUT2D eigenvalue weighted by molar-refractivity contribution is 9.10. The van der Waals surface area contributed by atoms with Crippen molar-refractivity contribution in [2.24, 2.45) is 0 Å². The van der Waals surface area contributed by atoms with Gasteiger partial charge in [-0.1, -0.05) is 30.3 Å². The summed E-state index contributed by atoms with van der Waals surface area (Å²) in [6, 6.07) is 11.5. The summed E-state index contributed by atoms with van der Waals surface area (Å²) < 4.78 is 0.896. The van der Waals surface area contributed by atoms with Crippen molar-refractivity contribution in [1.29, 1.82) is 0 Å². The second-order valence-electron chi connectivity index (χ2n) is 4.18. The molecule has 1 heterocycles. The molecule has 0 bridgehead atoms. The monoisotopic (exact) mass is 339 g/mol. The number of aliphatic hydroxyl groups excluding tert-OH is 1. The molecule has 100 valence electrons. The number of amides is 1. The molecule has 5 heteroatoms. The third-order valence-corrected chi connectivity index (χ3v) is 4.29. The molecule has 0 aliphatic heterocycles. The van der Waals surface area contributed by atoms with Crippen LogP contribution in [0, 0.1) is 0 Å². The van der Waals surface area contributed by atoms with Crippen LogP contribution in [-0.2, 0) is 6.42 Å². The van der Waals surface area contributed by atoms with Crippen LogP contribution in [0.1, 0.15) is 15.2 Å². The summed E-state index contributed by atoms with van der Waals surface area (Å²) in [5, 5.41) is 14.5. The summed E-state index contributed by atoms with van der Waals surface area (Å²) >= 11 is 4.68. The zero-order chi connectivity index (χ0) is 13.7. The summed E-state index contributed by atoms with van der Waals surface area (Å²) in [7, 11) is 0. The number of hydrogen-bond donors (Lipinski definition) is 2. The molecular formula is C14H14BrNO2S. The lowest BCUT2D eigenvalue weighted by molar-refractivity contribution is 0.0920. The number of carbonyl (C=O) groups is 1. The number of aliphatic hydroxyl groups is 1. The molecule has 1 aromatic heterocycles. The molecule has 1 atom stereocenters. The number of thiophene rings is 1. The maximum absolute atomic E-state index is 11.8. The quantitative estimate of drug-likeness (QED) is 0.879. The Kier molecular flexibility index (Phi) is 5.13. The fourth-order valence-corrected chi connectivity index (χ4v) is 3.03. The van der Waals surface area contributed by atoms with Crippen LogP contribution in [-0.4, -0.2) is 23.7 Å². The minimum Gasteiger partial charge on any atom is -0.391 e. The Balaban J connectivity index is 1.80. The number of halogens is 1. The van der Waals surface area contributed by atoms with Gasteiger partial charge in [-0.25, -0.2) is 0 Å². The first-order valence-electron chi connectivity index (χ1n) is 5.89. The summed E-state index contributed by atoms with van der Waals surface area (Å²) in [5.74, 6) is -0.150. The fourth-order valence-electron chi connectivity index (χ4n) is 1.69. The summed E-state index contributed by atoms with van der Waals surface area (Å²) in [5.41, 5.74) is 1.06. The van der Waals surface area contributed by atoms with E-state index in [1.54, 1.807) is 6.07 Å². The van der Waals surface area contributed by atoms with Gasteiger partial charge in [0.1, 0.15) is 0 Å². The molecule has 0 aliphatic carbocycles. The summed E-state index contributed by atoms with van der Waals surface area (Å²) in [4.78, 5) is 12.4. The molecule has 0 radical (unpaired) electrons. The number of carbonyl (C=O) groups excluding carboxylic acids is 1. The highest BCUT2D eigenvalue weighted by Crippen LogP contribution is 2.19. The van der Waals surface area contributed by atoms with Crippen molar-refractivity contribution >= 4 is 33.2 Å². The molecule has 0 saturated carbocycles. The number of hydrogen-bond acceptors (Lipinski definition) is 3. The van der Waals surface area contributed by atoms with Crippen LogP contribution in [0.4, 0.5) is 0 Å². The highest BCUT2D eigenvalue weighted by Gasteiger charge is 2.11. The zero-order valence-corrected chi connectivity index (χ0v) is 12.6. The van der Waals surface area contributed by atoms with Crippen LogP contribution < -0.4 is 5.32 Å². The third-order valence-electron chi connectivity index (χ3n) is 2.60. The number of benzene rings is 1. The van der Waals surface area contributed by atoms with Gasteiger partial charge in [-0.3, -0.25) is 4.79 Å². The van der Waals surface area contributed by atoms with Gasteiger partial charge in [0.05, 0.1) is 11.0 Å². The van der Waals surface area contributed by atoms with Gasteiger partial charge < -0.3 is 10.4 Å². The lowest BCUT2D eigenvalue weighted by Crippen LogP contribution is -2.32. The van der Waals surface area contributed by atoms with E-state index in [1.165, 1.54) is 11.3 Å². The van der Waals surface area contributed by atoms with Crippen molar-refractivity contribution in [3.05, 3.63) is 56.7 Å². The first kappa shape index (κ1) is 14.2. The number of rotatable bonds is 5. The van der Waals surface area contributed by atoms with Gasteiger partial charge in [0, 0.05) is 22.8 Å². The van der Waals surface area contributed by atoms with Gasteiger partial charge >= 0.3 is 0 Å². The van der Waals surface area contributed by atoms with Crippen LogP contribution in [0.5, 0.6) is 0 Å². The summed E-state index contributed by atoms with van der Waals surface area (Å²) in [6.07, 6.45) is -0.0373. The van der Waals surface area contributed by atoms with E-state index in [2.05, 4.69) is 21.2 Å². The molecule has 3 nitrogen and oxygen atoms in total. The number of nitrogens with one attached hydrogen (secondary N) is 1.